The summed E-state index contributed by atoms with van der Waals surface area (Å²) in [7, 11) is 1.27. The Kier molecular flexibility index (Phi) is 9.27. The Balaban J connectivity index is 1.68. The average Bonchev–Trinajstić information content (AvgIpc) is 2.86. The second-order valence-corrected chi connectivity index (χ2v) is 8.53. The first-order valence-corrected chi connectivity index (χ1v) is 11.6. The van der Waals surface area contributed by atoms with Crippen molar-refractivity contribution in [3.05, 3.63) is 93.0 Å². The van der Waals surface area contributed by atoms with Gasteiger partial charge in [0, 0.05) is 11.4 Å². The summed E-state index contributed by atoms with van der Waals surface area (Å²) < 4.78 is 10.1. The summed E-state index contributed by atoms with van der Waals surface area (Å²) in [6.07, 6.45) is 1.31. The largest absolute Gasteiger partial charge is 0.481 e. The fourth-order valence-corrected chi connectivity index (χ4v) is 3.79. The van der Waals surface area contributed by atoms with Crippen molar-refractivity contribution in [1.82, 2.24) is 0 Å². The predicted octanol–water partition coefficient (Wildman–Crippen LogP) is 5.65. The predicted molar refractivity (Wildman–Crippen MR) is 142 cm³/mol. The van der Waals surface area contributed by atoms with Gasteiger partial charge in [0.1, 0.15) is 11.6 Å². The number of hydrogen-bond donors (Lipinski definition) is 2. The van der Waals surface area contributed by atoms with E-state index in [4.69, 9.17) is 27.9 Å². The first kappa shape index (κ1) is 27.3. The monoisotopic (exact) mass is 537 g/mol. The van der Waals surface area contributed by atoms with Crippen LogP contribution in [0, 0.1) is 18.3 Å². The zero-order valence-corrected chi connectivity index (χ0v) is 21.3. The summed E-state index contributed by atoms with van der Waals surface area (Å²) in [5.41, 5.74) is 2.48. The van der Waals surface area contributed by atoms with Crippen LogP contribution in [0.2, 0.25) is 10.0 Å². The molecule has 0 radical (unpaired) electrons. The molecule has 0 aliphatic rings. The van der Waals surface area contributed by atoms with Gasteiger partial charge in [0.15, 0.2) is 12.4 Å². The number of hydrogen-bond acceptors (Lipinski definition) is 6. The maximum absolute atomic E-state index is 12.6. The summed E-state index contributed by atoms with van der Waals surface area (Å²) in [5.74, 6) is -1.49. The van der Waals surface area contributed by atoms with Gasteiger partial charge in [-0.1, -0.05) is 35.3 Å². The first-order chi connectivity index (χ1) is 17.7. The van der Waals surface area contributed by atoms with E-state index in [1.807, 2.05) is 31.2 Å². The van der Waals surface area contributed by atoms with Crippen LogP contribution in [0.3, 0.4) is 0 Å². The van der Waals surface area contributed by atoms with Gasteiger partial charge in [-0.25, -0.2) is 4.79 Å². The number of carbonyl (C=O) groups excluding carboxylic acids is 3. The standard InChI is InChI=1S/C27H21Cl2N3O5/c1-16-4-3-5-21(10-16)31-24(33)15-37-25-22(28)12-17(13-23(25)29)11-19(14-30)26(34)32-20-8-6-18(7-9-20)27(35)36-2/h3-13H,15H2,1-2H3,(H,31,33)(H,32,34)/b19-11-. The van der Waals surface area contributed by atoms with E-state index in [9.17, 15) is 19.6 Å². The number of esters is 1. The molecule has 3 rings (SSSR count). The molecule has 0 spiro atoms. The molecule has 188 valence electrons. The molecule has 8 nitrogen and oxygen atoms in total. The number of nitrogens with zero attached hydrogens (tertiary/aromatic N) is 1. The Hall–Kier alpha value is -4.32. The van der Waals surface area contributed by atoms with Crippen LogP contribution in [-0.4, -0.2) is 31.5 Å². The van der Waals surface area contributed by atoms with Gasteiger partial charge in [0.2, 0.25) is 0 Å². The second-order valence-electron chi connectivity index (χ2n) is 7.71. The van der Waals surface area contributed by atoms with Crippen molar-refractivity contribution in [3.63, 3.8) is 0 Å². The first-order valence-electron chi connectivity index (χ1n) is 10.8. The summed E-state index contributed by atoms with van der Waals surface area (Å²) in [4.78, 5) is 36.3. The van der Waals surface area contributed by atoms with E-state index in [1.165, 1.54) is 49.6 Å². The molecule has 0 aromatic heterocycles. The number of ether oxygens (including phenoxy) is 2. The molecule has 0 saturated heterocycles. The third-order valence-corrected chi connectivity index (χ3v) is 5.47. The Morgan fingerprint density at radius 1 is 0.973 bits per heavy atom. The van der Waals surface area contributed by atoms with Crippen molar-refractivity contribution in [2.45, 2.75) is 6.92 Å². The highest BCUT2D eigenvalue weighted by Gasteiger charge is 2.15. The van der Waals surface area contributed by atoms with Crippen LogP contribution in [0.1, 0.15) is 21.5 Å². The lowest BCUT2D eigenvalue weighted by molar-refractivity contribution is -0.118. The molecule has 10 heteroatoms. The van der Waals surface area contributed by atoms with E-state index in [0.29, 0.717) is 22.5 Å². The highest BCUT2D eigenvalue weighted by molar-refractivity contribution is 6.37. The summed E-state index contributed by atoms with van der Waals surface area (Å²) in [6, 6.07) is 18.0. The minimum Gasteiger partial charge on any atom is -0.481 e. The quantitative estimate of drug-likeness (QED) is 0.217. The van der Waals surface area contributed by atoms with E-state index >= 15 is 0 Å². The molecule has 0 heterocycles. The molecule has 2 amide bonds. The SMILES string of the molecule is COC(=O)c1ccc(NC(=O)/C(C#N)=C\c2cc(Cl)c(OCC(=O)Nc3cccc(C)c3)c(Cl)c2)cc1. The number of nitrogens with one attached hydrogen (secondary N) is 2. The highest BCUT2D eigenvalue weighted by atomic mass is 35.5. The average molecular weight is 538 g/mol. The van der Waals surface area contributed by atoms with Crippen LogP contribution in [0.4, 0.5) is 11.4 Å². The molecule has 0 fully saturated rings. The Morgan fingerprint density at radius 2 is 1.65 bits per heavy atom. The Labute approximate surface area is 223 Å². The molecular weight excluding hydrogens is 517 g/mol. The normalized spacial score (nSPS) is 10.7. The Bertz CT molecular complexity index is 1390. The van der Waals surface area contributed by atoms with E-state index in [1.54, 1.807) is 6.07 Å². The van der Waals surface area contributed by atoms with Crippen molar-refractivity contribution < 1.29 is 23.9 Å². The molecule has 2 N–H and O–H groups in total. The minimum atomic E-state index is -0.672. The van der Waals surface area contributed by atoms with Crippen LogP contribution >= 0.6 is 23.2 Å². The molecule has 3 aromatic carbocycles. The maximum atomic E-state index is 12.6. The van der Waals surface area contributed by atoms with Gasteiger partial charge in [-0.2, -0.15) is 5.26 Å². The number of benzene rings is 3. The van der Waals surface area contributed by atoms with Crippen LogP contribution in [0.25, 0.3) is 6.08 Å². The van der Waals surface area contributed by atoms with Gasteiger partial charge < -0.3 is 20.1 Å². The number of anilines is 2. The highest BCUT2D eigenvalue weighted by Crippen LogP contribution is 2.35. The molecule has 0 atom stereocenters. The number of nitriles is 1. The van der Waals surface area contributed by atoms with Crippen molar-refractivity contribution in [3.8, 4) is 11.8 Å². The van der Waals surface area contributed by atoms with Gasteiger partial charge >= 0.3 is 5.97 Å². The molecular formula is C27H21Cl2N3O5. The number of rotatable bonds is 8. The molecule has 0 bridgehead atoms. The topological polar surface area (TPSA) is 118 Å². The summed E-state index contributed by atoms with van der Waals surface area (Å²) >= 11 is 12.6. The van der Waals surface area contributed by atoms with Gasteiger partial charge in [0.25, 0.3) is 11.8 Å². The molecule has 37 heavy (non-hydrogen) atoms. The summed E-state index contributed by atoms with van der Waals surface area (Å²) in [5, 5.41) is 15.0. The lowest BCUT2D eigenvalue weighted by atomic mass is 10.1. The van der Waals surface area contributed by atoms with E-state index < -0.39 is 17.8 Å². The fourth-order valence-electron chi connectivity index (χ4n) is 3.18. The van der Waals surface area contributed by atoms with Crippen LogP contribution in [0.5, 0.6) is 5.75 Å². The number of methoxy groups -OCH3 is 1. The molecule has 0 unspecified atom stereocenters. The minimum absolute atomic E-state index is 0.0912. The molecule has 0 saturated carbocycles. The zero-order valence-electron chi connectivity index (χ0n) is 19.8. The molecule has 3 aromatic rings. The van der Waals surface area contributed by atoms with Crippen molar-refractivity contribution >= 4 is 58.4 Å². The van der Waals surface area contributed by atoms with Gasteiger partial charge in [-0.3, -0.25) is 9.59 Å². The van der Waals surface area contributed by atoms with Crippen molar-refractivity contribution in [2.75, 3.05) is 24.4 Å². The smallest absolute Gasteiger partial charge is 0.337 e. The van der Waals surface area contributed by atoms with E-state index in [-0.39, 0.29) is 28.0 Å². The molecule has 0 aliphatic heterocycles. The van der Waals surface area contributed by atoms with E-state index in [2.05, 4.69) is 15.4 Å². The van der Waals surface area contributed by atoms with Gasteiger partial charge in [-0.15, -0.1) is 0 Å². The van der Waals surface area contributed by atoms with Crippen LogP contribution in [-0.2, 0) is 14.3 Å². The van der Waals surface area contributed by atoms with Gasteiger partial charge in [0.05, 0.1) is 22.7 Å². The van der Waals surface area contributed by atoms with E-state index in [0.717, 1.165) is 5.56 Å². The van der Waals surface area contributed by atoms with Gasteiger partial charge in [-0.05, 0) is 72.7 Å². The third kappa shape index (κ3) is 7.58. The Morgan fingerprint density at radius 3 is 2.24 bits per heavy atom. The lowest BCUT2D eigenvalue weighted by Gasteiger charge is -2.12. The number of aryl methyl sites for hydroxylation is 1. The number of halogens is 2. The van der Waals surface area contributed by atoms with Crippen molar-refractivity contribution in [2.24, 2.45) is 0 Å². The number of carbonyl (C=O) groups is 3. The van der Waals surface area contributed by atoms with Crippen LogP contribution in [0.15, 0.2) is 66.2 Å². The second kappa shape index (κ2) is 12.6. The zero-order chi connectivity index (χ0) is 26.9. The molecule has 0 aliphatic carbocycles. The summed E-state index contributed by atoms with van der Waals surface area (Å²) in [6.45, 7) is 1.58. The fraction of sp³-hybridized carbons (Fsp3) is 0.111. The lowest BCUT2D eigenvalue weighted by Crippen LogP contribution is -2.20. The third-order valence-electron chi connectivity index (χ3n) is 4.91. The van der Waals surface area contributed by atoms with Crippen LogP contribution < -0.4 is 15.4 Å². The van der Waals surface area contributed by atoms with Crippen molar-refractivity contribution in [1.29, 1.82) is 5.26 Å². The number of amides is 2. The maximum Gasteiger partial charge on any atom is 0.337 e.